The van der Waals surface area contributed by atoms with Gasteiger partial charge in [0.1, 0.15) is 0 Å². The molecule has 166 valence electrons. The first-order chi connectivity index (χ1) is 14.2. The standard InChI is InChI=1S/C22H30F3N3O2/c1-3-26(2)21(30)19(16-6-4-5-7-16)27-12-14-28(15-13-27)20(29)17-8-10-18(11-9-17)22(23,24)25/h8-11,16,19H,3-7,12-15H2,1-2H3/t19-/m1/s1. The molecule has 1 atom stereocenters. The third-order valence-electron chi connectivity index (χ3n) is 6.40. The van der Waals surface area contributed by atoms with Gasteiger partial charge in [-0.25, -0.2) is 0 Å². The summed E-state index contributed by atoms with van der Waals surface area (Å²) in [5.74, 6) is 0.230. The van der Waals surface area contributed by atoms with E-state index in [0.29, 0.717) is 38.6 Å². The number of likely N-dealkylation sites (N-methyl/N-ethyl adjacent to an activating group) is 1. The fraction of sp³-hybridized carbons (Fsp3) is 0.636. The van der Waals surface area contributed by atoms with Crippen molar-refractivity contribution in [3.05, 3.63) is 35.4 Å². The maximum Gasteiger partial charge on any atom is 0.416 e. The number of hydrogen-bond acceptors (Lipinski definition) is 3. The normalized spacial score (nSPS) is 19.7. The van der Waals surface area contributed by atoms with Crippen molar-refractivity contribution in [2.24, 2.45) is 5.92 Å². The number of halogens is 3. The Morgan fingerprint density at radius 2 is 1.63 bits per heavy atom. The van der Waals surface area contributed by atoms with Gasteiger partial charge in [0.15, 0.2) is 0 Å². The van der Waals surface area contributed by atoms with Crippen molar-refractivity contribution < 1.29 is 22.8 Å². The van der Waals surface area contributed by atoms with Gasteiger partial charge in [-0.2, -0.15) is 13.2 Å². The highest BCUT2D eigenvalue weighted by atomic mass is 19.4. The highest BCUT2D eigenvalue weighted by Gasteiger charge is 2.38. The molecule has 2 amide bonds. The molecular weight excluding hydrogens is 395 g/mol. The third kappa shape index (κ3) is 4.96. The Labute approximate surface area is 175 Å². The summed E-state index contributed by atoms with van der Waals surface area (Å²) < 4.78 is 38.2. The Bertz CT molecular complexity index is 737. The van der Waals surface area contributed by atoms with E-state index in [1.165, 1.54) is 12.1 Å². The average molecular weight is 425 g/mol. The van der Waals surface area contributed by atoms with Gasteiger partial charge < -0.3 is 9.80 Å². The van der Waals surface area contributed by atoms with Crippen LogP contribution in [-0.4, -0.2) is 72.3 Å². The van der Waals surface area contributed by atoms with E-state index >= 15 is 0 Å². The van der Waals surface area contributed by atoms with Gasteiger partial charge in [0.05, 0.1) is 11.6 Å². The summed E-state index contributed by atoms with van der Waals surface area (Å²) >= 11 is 0. The molecule has 1 aliphatic carbocycles. The predicted molar refractivity (Wildman–Crippen MR) is 108 cm³/mol. The van der Waals surface area contributed by atoms with Gasteiger partial charge in [0.2, 0.25) is 5.91 Å². The van der Waals surface area contributed by atoms with E-state index in [1.54, 1.807) is 9.80 Å². The van der Waals surface area contributed by atoms with Crippen LogP contribution >= 0.6 is 0 Å². The number of hydrogen-bond donors (Lipinski definition) is 0. The highest BCUT2D eigenvalue weighted by Crippen LogP contribution is 2.32. The van der Waals surface area contributed by atoms with E-state index in [1.807, 2.05) is 14.0 Å². The summed E-state index contributed by atoms with van der Waals surface area (Å²) in [6.45, 7) is 4.74. The van der Waals surface area contributed by atoms with E-state index in [0.717, 1.165) is 37.8 Å². The monoisotopic (exact) mass is 425 g/mol. The molecule has 8 heteroatoms. The van der Waals surface area contributed by atoms with Crippen LogP contribution in [0.5, 0.6) is 0 Å². The van der Waals surface area contributed by atoms with Crippen LogP contribution in [0.3, 0.4) is 0 Å². The summed E-state index contributed by atoms with van der Waals surface area (Å²) in [7, 11) is 1.83. The summed E-state index contributed by atoms with van der Waals surface area (Å²) in [4.78, 5) is 31.4. The third-order valence-corrected chi connectivity index (χ3v) is 6.40. The van der Waals surface area contributed by atoms with Crippen molar-refractivity contribution in [2.75, 3.05) is 39.8 Å². The van der Waals surface area contributed by atoms with Gasteiger partial charge in [0, 0.05) is 45.3 Å². The summed E-state index contributed by atoms with van der Waals surface area (Å²) in [5.41, 5.74) is -0.507. The molecule has 0 unspecified atom stereocenters. The molecule has 1 saturated heterocycles. The van der Waals surface area contributed by atoms with Crippen LogP contribution in [0.25, 0.3) is 0 Å². The quantitative estimate of drug-likeness (QED) is 0.725. The van der Waals surface area contributed by atoms with Gasteiger partial charge in [-0.3, -0.25) is 14.5 Å². The first-order valence-electron chi connectivity index (χ1n) is 10.7. The minimum Gasteiger partial charge on any atom is -0.345 e. The predicted octanol–water partition coefficient (Wildman–Crippen LogP) is 3.50. The van der Waals surface area contributed by atoms with E-state index in [-0.39, 0.29) is 23.4 Å². The molecule has 1 aromatic carbocycles. The van der Waals surface area contributed by atoms with Crippen molar-refractivity contribution in [3.63, 3.8) is 0 Å². The molecule has 1 heterocycles. The molecule has 0 N–H and O–H groups in total. The number of alkyl halides is 3. The van der Waals surface area contributed by atoms with Gasteiger partial charge in [-0.05, 0) is 49.9 Å². The van der Waals surface area contributed by atoms with Crippen LogP contribution in [0.1, 0.15) is 48.5 Å². The Morgan fingerprint density at radius 3 is 2.13 bits per heavy atom. The smallest absolute Gasteiger partial charge is 0.345 e. The molecule has 2 aliphatic rings. The zero-order valence-corrected chi connectivity index (χ0v) is 17.6. The van der Waals surface area contributed by atoms with Gasteiger partial charge >= 0.3 is 6.18 Å². The summed E-state index contributed by atoms with van der Waals surface area (Å²) in [6, 6.07) is 4.20. The topological polar surface area (TPSA) is 43.9 Å². The fourth-order valence-corrected chi connectivity index (χ4v) is 4.50. The lowest BCUT2D eigenvalue weighted by Crippen LogP contribution is -2.58. The van der Waals surface area contributed by atoms with E-state index in [9.17, 15) is 22.8 Å². The van der Waals surface area contributed by atoms with Crippen molar-refractivity contribution in [1.82, 2.24) is 14.7 Å². The number of piperazine rings is 1. The lowest BCUT2D eigenvalue weighted by atomic mass is 9.94. The second-order valence-electron chi connectivity index (χ2n) is 8.25. The summed E-state index contributed by atoms with van der Waals surface area (Å²) in [5, 5.41) is 0. The van der Waals surface area contributed by atoms with Gasteiger partial charge in [-0.15, -0.1) is 0 Å². The first-order valence-corrected chi connectivity index (χ1v) is 10.7. The van der Waals surface area contributed by atoms with Crippen molar-refractivity contribution in [1.29, 1.82) is 0 Å². The number of amides is 2. The molecule has 30 heavy (non-hydrogen) atoms. The number of nitrogens with zero attached hydrogens (tertiary/aromatic N) is 3. The summed E-state index contributed by atoms with van der Waals surface area (Å²) in [6.07, 6.45) is -0.00865. The van der Waals surface area contributed by atoms with Gasteiger partial charge in [-0.1, -0.05) is 12.8 Å². The van der Waals surface area contributed by atoms with Crippen LogP contribution in [0.15, 0.2) is 24.3 Å². The van der Waals surface area contributed by atoms with Crippen molar-refractivity contribution in [2.45, 2.75) is 44.8 Å². The largest absolute Gasteiger partial charge is 0.416 e. The SMILES string of the molecule is CCN(C)C(=O)[C@@H](C1CCCC1)N1CCN(C(=O)c2ccc(C(F)(F)F)cc2)CC1. The molecule has 2 fully saturated rings. The van der Waals surface area contributed by atoms with E-state index in [4.69, 9.17) is 0 Å². The Hall–Kier alpha value is -2.09. The van der Waals surface area contributed by atoms with Crippen molar-refractivity contribution >= 4 is 11.8 Å². The van der Waals surface area contributed by atoms with Crippen LogP contribution in [0.2, 0.25) is 0 Å². The molecular formula is C22H30F3N3O2. The molecule has 0 radical (unpaired) electrons. The molecule has 0 bridgehead atoms. The molecule has 0 spiro atoms. The maximum absolute atomic E-state index is 13.0. The van der Waals surface area contributed by atoms with Gasteiger partial charge in [0.25, 0.3) is 5.91 Å². The molecule has 1 aromatic rings. The van der Waals surface area contributed by atoms with Crippen LogP contribution in [-0.2, 0) is 11.0 Å². The Morgan fingerprint density at radius 1 is 1.07 bits per heavy atom. The second kappa shape index (κ2) is 9.37. The number of carbonyl (C=O) groups is 2. The minimum atomic E-state index is -4.42. The fourth-order valence-electron chi connectivity index (χ4n) is 4.50. The van der Waals surface area contributed by atoms with Crippen LogP contribution in [0, 0.1) is 5.92 Å². The molecule has 3 rings (SSSR count). The molecule has 1 aliphatic heterocycles. The lowest BCUT2D eigenvalue weighted by Gasteiger charge is -2.42. The van der Waals surface area contributed by atoms with Crippen LogP contribution in [0.4, 0.5) is 13.2 Å². The zero-order chi connectivity index (χ0) is 21.9. The van der Waals surface area contributed by atoms with Crippen LogP contribution < -0.4 is 0 Å². The number of carbonyl (C=O) groups excluding carboxylic acids is 2. The highest BCUT2D eigenvalue weighted by molar-refractivity contribution is 5.94. The number of rotatable bonds is 5. The maximum atomic E-state index is 13.0. The number of benzene rings is 1. The van der Waals surface area contributed by atoms with E-state index in [2.05, 4.69) is 4.90 Å². The van der Waals surface area contributed by atoms with Crippen molar-refractivity contribution in [3.8, 4) is 0 Å². The lowest BCUT2D eigenvalue weighted by molar-refractivity contribution is -0.138. The average Bonchev–Trinajstić information content (AvgIpc) is 3.27. The Balaban J connectivity index is 1.64. The molecule has 1 saturated carbocycles. The first kappa shape index (κ1) is 22.6. The molecule has 0 aromatic heterocycles. The Kier molecular flexibility index (Phi) is 7.06. The van der Waals surface area contributed by atoms with E-state index < -0.39 is 11.7 Å². The zero-order valence-electron chi connectivity index (χ0n) is 17.6. The second-order valence-corrected chi connectivity index (χ2v) is 8.25. The minimum absolute atomic E-state index is 0.145. The molecule has 5 nitrogen and oxygen atoms in total.